The number of carboxylic acids is 2. The first-order valence-electron chi connectivity index (χ1n) is 16.1. The third-order valence-electron chi connectivity index (χ3n) is 7.98. The number of benzene rings is 1. The molecular weight excluding hydrogens is 556 g/mol. The van der Waals surface area contributed by atoms with E-state index in [9.17, 15) is 18.8 Å². The molecule has 1 aromatic heterocycles. The number of nitrogens with zero attached hydrogens (tertiary/aromatic N) is 2. The summed E-state index contributed by atoms with van der Waals surface area (Å²) in [6, 6.07) is 1.02. The molecule has 0 aliphatic carbocycles. The number of halogens is 2. The van der Waals surface area contributed by atoms with Crippen molar-refractivity contribution in [2.24, 2.45) is 0 Å². The molecule has 0 bridgehead atoms. The Morgan fingerprint density at radius 2 is 1.49 bits per heavy atom. The number of carbonyl (C=O) groups is 2. The van der Waals surface area contributed by atoms with Gasteiger partial charge >= 0.3 is 11.9 Å². The highest BCUT2D eigenvalue weighted by atomic mass is 19.1. The average molecular weight is 608 g/mol. The predicted octanol–water partition coefficient (Wildman–Crippen LogP) is 7.35. The summed E-state index contributed by atoms with van der Waals surface area (Å²) >= 11 is 0. The van der Waals surface area contributed by atoms with Crippen molar-refractivity contribution in [1.29, 1.82) is 0 Å². The van der Waals surface area contributed by atoms with E-state index < -0.39 is 34.6 Å². The molecule has 1 aromatic carbocycles. The van der Waals surface area contributed by atoms with E-state index in [2.05, 4.69) is 12.2 Å². The molecule has 1 saturated heterocycles. The number of fused-ring (bicyclic) bond motifs is 1. The number of pyridine rings is 1. The number of rotatable bonds is 17. The number of hydrogen-bond acceptors (Lipinski definition) is 5. The molecule has 1 fully saturated rings. The fraction of sp³-hybridized carbons (Fsp3) is 0.667. The zero-order valence-corrected chi connectivity index (χ0v) is 26.2. The highest BCUT2D eigenvalue weighted by Crippen LogP contribution is 2.30. The highest BCUT2D eigenvalue weighted by molar-refractivity contribution is 5.93. The van der Waals surface area contributed by atoms with Crippen molar-refractivity contribution >= 4 is 28.5 Å². The first kappa shape index (κ1) is 36.2. The van der Waals surface area contributed by atoms with Crippen LogP contribution < -0.4 is 15.6 Å². The zero-order chi connectivity index (χ0) is 31.8. The summed E-state index contributed by atoms with van der Waals surface area (Å²) in [6.45, 7) is 7.59. The minimum atomic E-state index is -1.42. The number of aromatic nitrogens is 1. The molecule has 8 nitrogen and oxygen atoms in total. The number of carboxylic acid groups (broad SMARTS) is 2. The molecule has 1 aliphatic heterocycles. The van der Waals surface area contributed by atoms with Crippen LogP contribution in [-0.2, 0) is 11.3 Å². The number of unbranched alkanes of at least 4 members (excludes halogenated alkanes) is 12. The van der Waals surface area contributed by atoms with Gasteiger partial charge in [0.2, 0.25) is 5.43 Å². The molecule has 2 aromatic rings. The Labute approximate surface area is 254 Å². The van der Waals surface area contributed by atoms with Gasteiger partial charge in [-0.1, -0.05) is 84.0 Å². The van der Waals surface area contributed by atoms with E-state index in [0.717, 1.165) is 25.1 Å². The lowest BCUT2D eigenvalue weighted by molar-refractivity contribution is -0.137. The fourth-order valence-electron chi connectivity index (χ4n) is 5.60. The van der Waals surface area contributed by atoms with Crippen LogP contribution in [0.4, 0.5) is 14.5 Å². The standard InChI is InChI=1S/C17H19F2N3O3.C16H32O2/c1-3-21-8-11(17(24)25)16(23)10-6-12(18)15(13(19)14(10)21)22-5-4-20-9(2)7-22;1-2-3-4-5-6-7-8-9-10-11-12-13-14-15-16(17)18/h6,8-9,20H,3-5,7H2,1-2H3,(H,24,25);2-15H2,1H3,(H,17,18). The van der Waals surface area contributed by atoms with E-state index in [1.807, 2.05) is 6.92 Å². The van der Waals surface area contributed by atoms with Gasteiger partial charge in [-0.2, -0.15) is 0 Å². The van der Waals surface area contributed by atoms with Gasteiger partial charge in [0, 0.05) is 44.8 Å². The van der Waals surface area contributed by atoms with E-state index in [-0.39, 0.29) is 29.2 Å². The van der Waals surface area contributed by atoms with Gasteiger partial charge in [-0.25, -0.2) is 13.6 Å². The smallest absolute Gasteiger partial charge is 0.341 e. The van der Waals surface area contributed by atoms with Crippen LogP contribution in [0.5, 0.6) is 0 Å². The summed E-state index contributed by atoms with van der Waals surface area (Å²) in [4.78, 5) is 35.5. The summed E-state index contributed by atoms with van der Waals surface area (Å²) in [5.41, 5.74) is -1.63. The molecular formula is C33H51F2N3O5. The third-order valence-corrected chi connectivity index (χ3v) is 7.98. The molecule has 3 rings (SSSR count). The van der Waals surface area contributed by atoms with Gasteiger partial charge in [0.1, 0.15) is 17.1 Å². The number of hydrogen-bond donors (Lipinski definition) is 3. The van der Waals surface area contributed by atoms with Gasteiger partial charge in [-0.15, -0.1) is 0 Å². The van der Waals surface area contributed by atoms with Crippen molar-refractivity contribution < 1.29 is 28.6 Å². The number of aryl methyl sites for hydroxylation is 1. The second-order valence-corrected chi connectivity index (χ2v) is 11.6. The number of anilines is 1. The van der Waals surface area contributed by atoms with Crippen molar-refractivity contribution in [3.05, 3.63) is 39.7 Å². The van der Waals surface area contributed by atoms with Crippen molar-refractivity contribution in [2.75, 3.05) is 24.5 Å². The molecule has 43 heavy (non-hydrogen) atoms. The van der Waals surface area contributed by atoms with Crippen LogP contribution in [0.25, 0.3) is 10.9 Å². The molecule has 0 amide bonds. The zero-order valence-electron chi connectivity index (χ0n) is 26.2. The third kappa shape index (κ3) is 11.5. The minimum absolute atomic E-state index is 0.0694. The van der Waals surface area contributed by atoms with E-state index in [1.54, 1.807) is 11.8 Å². The van der Waals surface area contributed by atoms with E-state index in [1.165, 1.54) is 75.2 Å². The van der Waals surface area contributed by atoms with Crippen LogP contribution in [0.15, 0.2) is 17.1 Å². The predicted molar refractivity (Wildman–Crippen MR) is 168 cm³/mol. The van der Waals surface area contributed by atoms with Crippen LogP contribution in [0.3, 0.4) is 0 Å². The van der Waals surface area contributed by atoms with Gasteiger partial charge in [0.15, 0.2) is 5.82 Å². The Bertz CT molecular complexity index is 1230. The van der Waals surface area contributed by atoms with Crippen LogP contribution in [0.2, 0.25) is 0 Å². The Hall–Kier alpha value is -3.01. The fourth-order valence-corrected chi connectivity index (χ4v) is 5.60. The molecule has 10 heteroatoms. The van der Waals surface area contributed by atoms with Crippen molar-refractivity contribution in [3.8, 4) is 0 Å². The Balaban J connectivity index is 0.000000320. The lowest BCUT2D eigenvalue weighted by Crippen LogP contribution is -2.49. The summed E-state index contributed by atoms with van der Waals surface area (Å²) in [5.74, 6) is -3.77. The Morgan fingerprint density at radius 3 is 1.98 bits per heavy atom. The summed E-state index contributed by atoms with van der Waals surface area (Å²) in [5, 5.41) is 20.6. The normalized spacial score (nSPS) is 14.9. The number of aliphatic carboxylic acids is 1. The van der Waals surface area contributed by atoms with E-state index >= 15 is 4.39 Å². The van der Waals surface area contributed by atoms with E-state index in [4.69, 9.17) is 10.2 Å². The monoisotopic (exact) mass is 607 g/mol. The summed E-state index contributed by atoms with van der Waals surface area (Å²) < 4.78 is 31.2. The lowest BCUT2D eigenvalue weighted by Gasteiger charge is -2.34. The van der Waals surface area contributed by atoms with Crippen molar-refractivity contribution in [3.63, 3.8) is 0 Å². The molecule has 2 heterocycles. The molecule has 1 atom stereocenters. The van der Waals surface area contributed by atoms with Crippen LogP contribution in [0, 0.1) is 11.6 Å². The molecule has 1 unspecified atom stereocenters. The van der Waals surface area contributed by atoms with Gasteiger partial charge in [-0.3, -0.25) is 9.59 Å². The average Bonchev–Trinajstić information content (AvgIpc) is 2.96. The van der Waals surface area contributed by atoms with Crippen LogP contribution in [-0.4, -0.2) is 52.4 Å². The maximum Gasteiger partial charge on any atom is 0.341 e. The minimum Gasteiger partial charge on any atom is -0.481 e. The molecule has 3 N–H and O–H groups in total. The summed E-state index contributed by atoms with van der Waals surface area (Å²) in [6.07, 6.45) is 18.4. The second kappa shape index (κ2) is 19.3. The Morgan fingerprint density at radius 1 is 0.930 bits per heavy atom. The maximum atomic E-state index is 15.2. The van der Waals surface area contributed by atoms with Crippen molar-refractivity contribution in [1.82, 2.24) is 9.88 Å². The van der Waals surface area contributed by atoms with Gasteiger partial charge in [0.25, 0.3) is 0 Å². The number of nitrogens with one attached hydrogen (secondary N) is 1. The molecule has 0 saturated carbocycles. The van der Waals surface area contributed by atoms with Crippen LogP contribution >= 0.6 is 0 Å². The first-order chi connectivity index (χ1) is 20.6. The molecule has 0 spiro atoms. The lowest BCUT2D eigenvalue weighted by atomic mass is 10.0. The van der Waals surface area contributed by atoms with Gasteiger partial charge in [-0.05, 0) is 26.3 Å². The van der Waals surface area contributed by atoms with Gasteiger partial charge < -0.3 is 25.0 Å². The second-order valence-electron chi connectivity index (χ2n) is 11.6. The molecule has 242 valence electrons. The maximum absolute atomic E-state index is 15.2. The number of aromatic carboxylic acids is 1. The van der Waals surface area contributed by atoms with E-state index in [0.29, 0.717) is 26.1 Å². The van der Waals surface area contributed by atoms with Crippen LogP contribution in [0.1, 0.15) is 121 Å². The highest BCUT2D eigenvalue weighted by Gasteiger charge is 2.27. The molecule has 0 radical (unpaired) electrons. The quantitative estimate of drug-likeness (QED) is 0.161. The van der Waals surface area contributed by atoms with Gasteiger partial charge in [0.05, 0.1) is 10.9 Å². The topological polar surface area (TPSA) is 112 Å². The Kier molecular flexibility index (Phi) is 16.2. The molecule has 1 aliphatic rings. The largest absolute Gasteiger partial charge is 0.481 e. The first-order valence-corrected chi connectivity index (χ1v) is 16.1. The SMILES string of the molecule is CCCCCCCCCCCCCCCC(=O)O.CCn1cc(C(=O)O)c(=O)c2cc(F)c(N3CCNC(C)C3)c(F)c21. The summed E-state index contributed by atoms with van der Waals surface area (Å²) in [7, 11) is 0. The van der Waals surface area contributed by atoms with Crippen molar-refractivity contribution in [2.45, 2.75) is 123 Å². The number of piperazine rings is 1.